The van der Waals surface area contributed by atoms with Crippen molar-refractivity contribution in [1.29, 1.82) is 0 Å². The summed E-state index contributed by atoms with van der Waals surface area (Å²) >= 11 is 0. The van der Waals surface area contributed by atoms with Gasteiger partial charge in [0.05, 0.1) is 11.3 Å². The van der Waals surface area contributed by atoms with Crippen LogP contribution in [0.5, 0.6) is 0 Å². The van der Waals surface area contributed by atoms with Gasteiger partial charge in [-0.05, 0) is 44.0 Å². The van der Waals surface area contributed by atoms with Gasteiger partial charge in [-0.1, -0.05) is 19.1 Å². The van der Waals surface area contributed by atoms with Gasteiger partial charge in [0.25, 0.3) is 0 Å². The van der Waals surface area contributed by atoms with Gasteiger partial charge in [-0.15, -0.1) is 0 Å². The third kappa shape index (κ3) is 2.82. The van der Waals surface area contributed by atoms with E-state index in [0.717, 1.165) is 40.3 Å². The Morgan fingerprint density at radius 1 is 1.22 bits per heavy atom. The molecule has 2 aromatic heterocycles. The van der Waals surface area contributed by atoms with Crippen LogP contribution in [-0.2, 0) is 12.8 Å². The van der Waals surface area contributed by atoms with Crippen LogP contribution in [-0.4, -0.2) is 25.7 Å². The summed E-state index contributed by atoms with van der Waals surface area (Å²) < 4.78 is 1.90. The quantitative estimate of drug-likeness (QED) is 0.803. The molecule has 5 heteroatoms. The summed E-state index contributed by atoms with van der Waals surface area (Å²) in [4.78, 5) is 15.6. The number of aromatic carboxylic acids is 1. The van der Waals surface area contributed by atoms with Gasteiger partial charge in [0, 0.05) is 23.4 Å². The summed E-state index contributed by atoms with van der Waals surface area (Å²) in [5.74, 6) is -0.908. The van der Waals surface area contributed by atoms with Crippen molar-refractivity contribution >= 4 is 11.6 Å². The van der Waals surface area contributed by atoms with Crippen molar-refractivity contribution < 1.29 is 9.90 Å². The highest BCUT2D eigenvalue weighted by molar-refractivity contribution is 5.87. The lowest BCUT2D eigenvalue weighted by molar-refractivity contribution is 0.0697. The van der Waals surface area contributed by atoms with Gasteiger partial charge in [-0.2, -0.15) is 5.10 Å². The van der Waals surface area contributed by atoms with Gasteiger partial charge in [0.15, 0.2) is 5.65 Å². The molecule has 3 aromatic rings. The molecule has 5 nitrogen and oxygen atoms in total. The summed E-state index contributed by atoms with van der Waals surface area (Å²) in [6.45, 7) is 6.09. The zero-order valence-electron chi connectivity index (χ0n) is 13.5. The molecule has 0 atom stereocenters. The van der Waals surface area contributed by atoms with Crippen molar-refractivity contribution in [1.82, 2.24) is 14.6 Å². The zero-order chi connectivity index (χ0) is 16.6. The van der Waals surface area contributed by atoms with Crippen LogP contribution in [0.2, 0.25) is 0 Å². The summed E-state index contributed by atoms with van der Waals surface area (Å²) in [5.41, 5.74) is 6.43. The average molecular weight is 309 g/mol. The third-order valence-electron chi connectivity index (χ3n) is 3.99. The van der Waals surface area contributed by atoms with Crippen LogP contribution in [0, 0.1) is 13.8 Å². The number of carbonyl (C=O) groups is 1. The van der Waals surface area contributed by atoms with E-state index in [9.17, 15) is 4.79 Å². The van der Waals surface area contributed by atoms with E-state index < -0.39 is 5.97 Å². The van der Waals surface area contributed by atoms with E-state index in [1.54, 1.807) is 12.1 Å². The van der Waals surface area contributed by atoms with Crippen LogP contribution >= 0.6 is 0 Å². The molecule has 0 amide bonds. The summed E-state index contributed by atoms with van der Waals surface area (Å²) in [5, 5.41) is 13.7. The van der Waals surface area contributed by atoms with Gasteiger partial charge >= 0.3 is 5.97 Å². The summed E-state index contributed by atoms with van der Waals surface area (Å²) in [6, 6.07) is 9.01. The lowest BCUT2D eigenvalue weighted by atomic mass is 10.0. The Morgan fingerprint density at radius 3 is 2.52 bits per heavy atom. The lowest BCUT2D eigenvalue weighted by Gasteiger charge is -2.04. The molecular formula is C18H19N3O2. The van der Waals surface area contributed by atoms with Crippen LogP contribution in [0.1, 0.15) is 45.5 Å². The molecule has 23 heavy (non-hydrogen) atoms. The highest BCUT2D eigenvalue weighted by Crippen LogP contribution is 2.21. The van der Waals surface area contributed by atoms with E-state index in [-0.39, 0.29) is 0 Å². The molecule has 0 aliphatic rings. The minimum absolute atomic E-state index is 0.300. The van der Waals surface area contributed by atoms with Crippen molar-refractivity contribution in [2.45, 2.75) is 33.6 Å². The normalized spacial score (nSPS) is 11.1. The third-order valence-corrected chi connectivity index (χ3v) is 3.99. The molecule has 1 N–H and O–H groups in total. The number of rotatable bonds is 4. The van der Waals surface area contributed by atoms with Crippen LogP contribution in [0.25, 0.3) is 5.65 Å². The van der Waals surface area contributed by atoms with Gasteiger partial charge in [0.1, 0.15) is 0 Å². The Hall–Kier alpha value is -2.69. The smallest absolute Gasteiger partial charge is 0.335 e. The van der Waals surface area contributed by atoms with Crippen LogP contribution in [0.15, 0.2) is 30.3 Å². The number of fused-ring (bicyclic) bond motifs is 1. The minimum Gasteiger partial charge on any atom is -0.478 e. The molecule has 3 rings (SSSR count). The Bertz CT molecular complexity index is 879. The minimum atomic E-state index is -0.908. The second kappa shape index (κ2) is 5.83. The fraction of sp³-hybridized carbons (Fsp3) is 0.278. The Kier molecular flexibility index (Phi) is 3.86. The maximum Gasteiger partial charge on any atom is 0.335 e. The van der Waals surface area contributed by atoms with Gasteiger partial charge in [-0.25, -0.2) is 14.3 Å². The van der Waals surface area contributed by atoms with Gasteiger partial charge in [0.2, 0.25) is 0 Å². The molecule has 0 saturated heterocycles. The van der Waals surface area contributed by atoms with E-state index in [0.29, 0.717) is 12.0 Å². The molecular weight excluding hydrogens is 290 g/mol. The fourth-order valence-corrected chi connectivity index (χ4v) is 2.84. The Morgan fingerprint density at radius 2 is 1.91 bits per heavy atom. The number of nitrogens with zero attached hydrogens (tertiary/aromatic N) is 3. The van der Waals surface area contributed by atoms with Crippen LogP contribution in [0.4, 0.5) is 0 Å². The molecule has 0 saturated carbocycles. The standard InChI is InChI=1S/C18H19N3O2/c1-4-16-15(10-13-5-7-14(8-6-13)18(22)23)17-19-11(2)9-12(3)21(17)20-16/h5-9H,4,10H2,1-3H3,(H,22,23). The second-order valence-corrected chi connectivity index (χ2v) is 5.73. The topological polar surface area (TPSA) is 67.5 Å². The average Bonchev–Trinajstić information content (AvgIpc) is 2.86. The van der Waals surface area contributed by atoms with E-state index in [1.807, 2.05) is 36.6 Å². The number of benzene rings is 1. The van der Waals surface area contributed by atoms with Gasteiger partial charge in [-0.3, -0.25) is 0 Å². The SMILES string of the molecule is CCc1nn2c(C)cc(C)nc2c1Cc1ccc(C(=O)O)cc1. The van der Waals surface area contributed by atoms with Crippen molar-refractivity contribution in [2.75, 3.05) is 0 Å². The van der Waals surface area contributed by atoms with Crippen molar-refractivity contribution in [3.8, 4) is 0 Å². The maximum atomic E-state index is 11.0. The first kappa shape index (κ1) is 15.2. The van der Waals surface area contributed by atoms with Crippen LogP contribution in [0.3, 0.4) is 0 Å². The molecule has 0 radical (unpaired) electrons. The Balaban J connectivity index is 2.06. The molecule has 1 aromatic carbocycles. The van der Waals surface area contributed by atoms with Crippen molar-refractivity contribution in [3.63, 3.8) is 0 Å². The second-order valence-electron chi connectivity index (χ2n) is 5.73. The highest BCUT2D eigenvalue weighted by atomic mass is 16.4. The van der Waals surface area contributed by atoms with E-state index in [2.05, 4.69) is 17.0 Å². The molecule has 0 aliphatic heterocycles. The van der Waals surface area contributed by atoms with Crippen molar-refractivity contribution in [2.24, 2.45) is 0 Å². The maximum absolute atomic E-state index is 11.0. The fourth-order valence-electron chi connectivity index (χ4n) is 2.84. The first-order valence-corrected chi connectivity index (χ1v) is 7.66. The van der Waals surface area contributed by atoms with Crippen molar-refractivity contribution in [3.05, 3.63) is 64.1 Å². The molecule has 0 fully saturated rings. The highest BCUT2D eigenvalue weighted by Gasteiger charge is 2.15. The monoisotopic (exact) mass is 309 g/mol. The first-order chi connectivity index (χ1) is 11.0. The van der Waals surface area contributed by atoms with Crippen LogP contribution < -0.4 is 0 Å². The predicted octanol–water partition coefficient (Wildman–Crippen LogP) is 3.20. The van der Waals surface area contributed by atoms with E-state index >= 15 is 0 Å². The predicted molar refractivity (Wildman–Crippen MR) is 88.0 cm³/mol. The number of carboxylic acids is 1. The molecule has 2 heterocycles. The molecule has 0 bridgehead atoms. The van der Waals surface area contributed by atoms with Gasteiger partial charge < -0.3 is 5.11 Å². The molecule has 118 valence electrons. The summed E-state index contributed by atoms with van der Waals surface area (Å²) in [6.07, 6.45) is 1.53. The summed E-state index contributed by atoms with van der Waals surface area (Å²) in [7, 11) is 0. The molecule has 0 aliphatic carbocycles. The molecule has 0 unspecified atom stereocenters. The van der Waals surface area contributed by atoms with E-state index in [1.165, 1.54) is 0 Å². The number of aryl methyl sites for hydroxylation is 3. The van der Waals surface area contributed by atoms with E-state index in [4.69, 9.17) is 5.11 Å². The number of aromatic nitrogens is 3. The first-order valence-electron chi connectivity index (χ1n) is 7.66. The number of hydrogen-bond acceptors (Lipinski definition) is 3. The largest absolute Gasteiger partial charge is 0.478 e. The number of carboxylic acid groups (broad SMARTS) is 1. The zero-order valence-corrected chi connectivity index (χ0v) is 13.5. The molecule has 0 spiro atoms. The Labute approximate surface area is 134 Å². The lowest BCUT2D eigenvalue weighted by Crippen LogP contribution is -1.99. The number of hydrogen-bond donors (Lipinski definition) is 1.